The smallest absolute Gasteiger partial charge is 0.241 e. The van der Waals surface area contributed by atoms with Crippen LogP contribution in [-0.4, -0.2) is 56.2 Å². The van der Waals surface area contributed by atoms with Gasteiger partial charge in [0.05, 0.1) is 24.7 Å². The van der Waals surface area contributed by atoms with Crippen molar-refractivity contribution in [3.8, 4) is 5.75 Å². The lowest BCUT2D eigenvalue weighted by molar-refractivity contribution is -0.120. The molecule has 0 bridgehead atoms. The first-order valence-corrected chi connectivity index (χ1v) is 14.4. The Morgan fingerprint density at radius 2 is 1.80 bits per heavy atom. The first kappa shape index (κ1) is 30.8. The van der Waals surface area contributed by atoms with Gasteiger partial charge in [-0.1, -0.05) is 6.07 Å². The summed E-state index contributed by atoms with van der Waals surface area (Å²) >= 11 is 0. The molecule has 0 aliphatic carbocycles. The number of nitrogens with zero attached hydrogens (tertiary/aromatic N) is 2. The number of aromatic nitrogens is 2. The molecule has 0 aliphatic rings. The average molecular weight is 571 g/mol. The number of hydrogen-bond donors (Lipinski definition) is 6. The number of benzene rings is 2. The van der Waals surface area contributed by atoms with E-state index in [2.05, 4.69) is 36.0 Å². The van der Waals surface area contributed by atoms with E-state index >= 15 is 0 Å². The lowest BCUT2D eigenvalue weighted by atomic mass is 10.1. The predicted octanol–water partition coefficient (Wildman–Crippen LogP) is 2.74. The van der Waals surface area contributed by atoms with E-state index < -0.39 is 15.6 Å². The van der Waals surface area contributed by atoms with Crippen LogP contribution in [0, 0.1) is 6.92 Å². The van der Waals surface area contributed by atoms with Crippen LogP contribution >= 0.6 is 0 Å². The largest absolute Gasteiger partial charge is 0.494 e. The summed E-state index contributed by atoms with van der Waals surface area (Å²) in [6, 6.07) is 14.0. The maximum Gasteiger partial charge on any atom is 0.241 e. The van der Waals surface area contributed by atoms with Crippen LogP contribution in [0.25, 0.3) is 0 Å². The highest BCUT2D eigenvalue weighted by Gasteiger charge is 2.22. The number of aryl methyl sites for hydroxylation is 1. The highest BCUT2D eigenvalue weighted by Crippen LogP contribution is 2.24. The minimum absolute atomic E-state index is 0.126. The van der Waals surface area contributed by atoms with Crippen molar-refractivity contribution in [3.05, 3.63) is 60.3 Å². The number of rotatable bonds is 14. The minimum atomic E-state index is -3.68. The van der Waals surface area contributed by atoms with E-state index in [1.807, 2.05) is 31.2 Å². The van der Waals surface area contributed by atoms with Gasteiger partial charge < -0.3 is 31.7 Å². The second kappa shape index (κ2) is 14.0. The number of nitrogens with one attached hydrogen (secondary N) is 5. The molecule has 216 valence electrons. The lowest BCUT2D eigenvalue weighted by Gasteiger charge is -2.20. The van der Waals surface area contributed by atoms with Crippen LogP contribution in [-0.2, 0) is 14.8 Å². The molecule has 0 saturated heterocycles. The summed E-state index contributed by atoms with van der Waals surface area (Å²) in [4.78, 5) is 20.4. The molecule has 0 fully saturated rings. The van der Waals surface area contributed by atoms with E-state index in [1.165, 1.54) is 0 Å². The first-order valence-electron chi connectivity index (χ1n) is 12.9. The van der Waals surface area contributed by atoms with E-state index in [0.717, 1.165) is 23.4 Å². The maximum absolute atomic E-state index is 12.7. The third kappa shape index (κ3) is 10.1. The Morgan fingerprint density at radius 3 is 2.50 bits per heavy atom. The summed E-state index contributed by atoms with van der Waals surface area (Å²) < 4.78 is 33.9. The molecule has 3 rings (SSSR count). The van der Waals surface area contributed by atoms with Crippen molar-refractivity contribution in [2.24, 2.45) is 5.73 Å². The van der Waals surface area contributed by atoms with Crippen LogP contribution in [0.3, 0.4) is 0 Å². The third-order valence-electron chi connectivity index (χ3n) is 5.28. The Bertz CT molecular complexity index is 1380. The molecule has 0 atom stereocenters. The minimum Gasteiger partial charge on any atom is -0.494 e. The monoisotopic (exact) mass is 570 g/mol. The molecule has 0 saturated carbocycles. The summed E-state index contributed by atoms with van der Waals surface area (Å²) in [6.07, 6.45) is 2.43. The van der Waals surface area contributed by atoms with Crippen LogP contribution in [0.2, 0.25) is 0 Å². The second-order valence-corrected chi connectivity index (χ2v) is 11.7. The zero-order valence-corrected chi connectivity index (χ0v) is 24.1. The highest BCUT2D eigenvalue weighted by molar-refractivity contribution is 7.89. The maximum atomic E-state index is 12.7. The van der Waals surface area contributed by atoms with E-state index in [4.69, 9.17) is 10.5 Å². The third-order valence-corrected chi connectivity index (χ3v) is 7.04. The molecule has 0 unspecified atom stereocenters. The average Bonchev–Trinajstić information content (AvgIpc) is 2.88. The van der Waals surface area contributed by atoms with Gasteiger partial charge in [0.25, 0.3) is 0 Å². The van der Waals surface area contributed by atoms with Gasteiger partial charge in [0, 0.05) is 28.7 Å². The summed E-state index contributed by atoms with van der Waals surface area (Å²) in [6.45, 7) is 8.74. The zero-order valence-electron chi connectivity index (χ0n) is 23.2. The molecular weight excluding hydrogens is 532 g/mol. The van der Waals surface area contributed by atoms with Gasteiger partial charge >= 0.3 is 0 Å². The van der Waals surface area contributed by atoms with Crippen molar-refractivity contribution in [1.29, 1.82) is 0 Å². The van der Waals surface area contributed by atoms with E-state index in [1.54, 1.807) is 51.2 Å². The number of hydrogen-bond acceptors (Lipinski definition) is 10. The quantitative estimate of drug-likeness (QED) is 0.125. The molecule has 1 heterocycles. The highest BCUT2D eigenvalue weighted by atomic mass is 32.2. The number of sulfonamides is 1. The first-order chi connectivity index (χ1) is 18.9. The van der Waals surface area contributed by atoms with Gasteiger partial charge in [0.1, 0.15) is 11.6 Å². The van der Waals surface area contributed by atoms with Crippen molar-refractivity contribution in [2.75, 3.05) is 37.0 Å². The molecule has 0 aliphatic heterocycles. The van der Waals surface area contributed by atoms with Gasteiger partial charge in [-0.25, -0.2) is 18.1 Å². The zero-order chi connectivity index (χ0) is 29.2. The normalized spacial score (nSPS) is 11.6. The van der Waals surface area contributed by atoms with Gasteiger partial charge in [-0.05, 0) is 83.1 Å². The molecule has 3 aromatic rings. The molecular formula is C27H38N8O4S. The number of ether oxygens (including phenoxy) is 1. The molecule has 7 N–H and O–H groups in total. The number of nitrogens with two attached hydrogens (primary N) is 1. The van der Waals surface area contributed by atoms with Crippen molar-refractivity contribution in [2.45, 2.75) is 44.6 Å². The van der Waals surface area contributed by atoms with Gasteiger partial charge in [-0.3, -0.25) is 4.79 Å². The molecule has 40 heavy (non-hydrogen) atoms. The summed E-state index contributed by atoms with van der Waals surface area (Å²) in [5.41, 5.74) is 6.81. The summed E-state index contributed by atoms with van der Waals surface area (Å²) in [5, 5.41) is 11.9. The van der Waals surface area contributed by atoms with Crippen molar-refractivity contribution >= 4 is 39.1 Å². The topological polar surface area (TPSA) is 172 Å². The SMILES string of the molecule is Cc1cnc(Nc2ccc(OCCCNCC(=O)NCN)cc2)nc1Nc1cccc(S(=O)(=O)NC(C)(C)C)c1. The Kier molecular flexibility index (Phi) is 10.8. The Labute approximate surface area is 235 Å². The van der Waals surface area contributed by atoms with Crippen LogP contribution in [0.15, 0.2) is 59.6 Å². The van der Waals surface area contributed by atoms with Gasteiger partial charge in [0.2, 0.25) is 21.9 Å². The fourth-order valence-corrected chi connectivity index (χ4v) is 4.96. The van der Waals surface area contributed by atoms with Crippen molar-refractivity contribution < 1.29 is 17.9 Å². The second-order valence-electron chi connectivity index (χ2n) is 10.1. The summed E-state index contributed by atoms with van der Waals surface area (Å²) in [7, 11) is -3.68. The summed E-state index contributed by atoms with van der Waals surface area (Å²) in [5.74, 6) is 1.50. The van der Waals surface area contributed by atoms with Crippen molar-refractivity contribution in [1.82, 2.24) is 25.3 Å². The van der Waals surface area contributed by atoms with Crippen molar-refractivity contribution in [3.63, 3.8) is 0 Å². The molecule has 0 spiro atoms. The van der Waals surface area contributed by atoms with Crippen LogP contribution in [0.5, 0.6) is 5.75 Å². The van der Waals surface area contributed by atoms with Gasteiger partial charge in [-0.15, -0.1) is 0 Å². The van der Waals surface area contributed by atoms with E-state index in [0.29, 0.717) is 30.6 Å². The fraction of sp³-hybridized carbons (Fsp3) is 0.370. The van der Waals surface area contributed by atoms with Gasteiger partial charge in [0.15, 0.2) is 0 Å². The molecule has 13 heteroatoms. The van der Waals surface area contributed by atoms with Gasteiger partial charge in [-0.2, -0.15) is 4.98 Å². The van der Waals surface area contributed by atoms with Crippen LogP contribution in [0.1, 0.15) is 32.8 Å². The Hall–Kier alpha value is -3.78. The number of anilines is 4. The molecule has 1 aromatic heterocycles. The van der Waals surface area contributed by atoms with E-state index in [-0.39, 0.29) is 24.0 Å². The number of amides is 1. The van der Waals surface area contributed by atoms with E-state index in [9.17, 15) is 13.2 Å². The Morgan fingerprint density at radius 1 is 1.05 bits per heavy atom. The molecule has 1 amide bonds. The molecule has 12 nitrogen and oxygen atoms in total. The number of carbonyl (C=O) groups excluding carboxylic acids is 1. The fourth-order valence-electron chi connectivity index (χ4n) is 3.50. The number of carbonyl (C=O) groups is 1. The predicted molar refractivity (Wildman–Crippen MR) is 156 cm³/mol. The van der Waals surface area contributed by atoms with Crippen LogP contribution in [0.4, 0.5) is 23.1 Å². The molecule has 0 radical (unpaired) electrons. The van der Waals surface area contributed by atoms with Crippen LogP contribution < -0.4 is 36.5 Å². The Balaban J connectivity index is 1.56. The lowest BCUT2D eigenvalue weighted by Crippen LogP contribution is -2.40. The molecule has 2 aromatic carbocycles. The standard InChI is InChI=1S/C27H38N8O4S/c1-19-16-30-26(33-20-9-11-22(12-10-20)39-14-6-13-29-17-24(36)31-18-28)34-25(19)32-21-7-5-8-23(15-21)40(37,38)35-27(2,3)4/h5,7-12,15-16,29,35H,6,13-14,17-18,28H2,1-4H3,(H,31,36)(H2,30,32,33,34).